The standard InChI is InChI=1S/C14H20N2O4S/c17-13-3-1-2-4-14(13)21(18,19)16-6-5-12(11-16)15-7-9-20-10-8-15/h1-4,12,17H,5-11H2. The fourth-order valence-electron chi connectivity index (χ4n) is 2.98. The predicted molar refractivity (Wildman–Crippen MR) is 77.7 cm³/mol. The molecule has 1 atom stereocenters. The molecule has 6 nitrogen and oxygen atoms in total. The highest BCUT2D eigenvalue weighted by Crippen LogP contribution is 2.28. The fraction of sp³-hybridized carbons (Fsp3) is 0.571. The number of hydrogen-bond acceptors (Lipinski definition) is 5. The maximum absolute atomic E-state index is 12.6. The summed E-state index contributed by atoms with van der Waals surface area (Å²) in [6.45, 7) is 4.12. The molecule has 0 amide bonds. The van der Waals surface area contributed by atoms with E-state index in [4.69, 9.17) is 4.74 Å². The number of sulfonamides is 1. The highest BCUT2D eigenvalue weighted by molar-refractivity contribution is 7.89. The first-order chi connectivity index (χ1) is 10.1. The molecule has 7 heteroatoms. The van der Waals surface area contributed by atoms with Crippen LogP contribution in [-0.4, -0.2) is 68.2 Å². The van der Waals surface area contributed by atoms with Crippen LogP contribution >= 0.6 is 0 Å². The second-order valence-electron chi connectivity index (χ2n) is 5.42. The first-order valence-corrected chi connectivity index (χ1v) is 8.63. The van der Waals surface area contributed by atoms with Gasteiger partial charge in [0.15, 0.2) is 0 Å². The van der Waals surface area contributed by atoms with Crippen molar-refractivity contribution in [3.05, 3.63) is 24.3 Å². The highest BCUT2D eigenvalue weighted by Gasteiger charge is 2.36. The molecule has 1 N–H and O–H groups in total. The summed E-state index contributed by atoms with van der Waals surface area (Å²) in [4.78, 5) is 2.29. The van der Waals surface area contributed by atoms with Crippen molar-refractivity contribution in [1.82, 2.24) is 9.21 Å². The molecule has 3 rings (SSSR count). The quantitative estimate of drug-likeness (QED) is 0.879. The van der Waals surface area contributed by atoms with Gasteiger partial charge in [0.1, 0.15) is 10.6 Å². The van der Waals surface area contributed by atoms with Gasteiger partial charge in [-0.1, -0.05) is 12.1 Å². The van der Waals surface area contributed by atoms with Crippen molar-refractivity contribution in [1.29, 1.82) is 0 Å². The van der Waals surface area contributed by atoms with Crippen molar-refractivity contribution in [2.75, 3.05) is 39.4 Å². The smallest absolute Gasteiger partial charge is 0.246 e. The molecule has 2 saturated heterocycles. The SMILES string of the molecule is O=S(=O)(c1ccccc1O)N1CCC(N2CCOCC2)C1. The van der Waals surface area contributed by atoms with Crippen LogP contribution in [0.5, 0.6) is 5.75 Å². The van der Waals surface area contributed by atoms with Crippen LogP contribution < -0.4 is 0 Å². The van der Waals surface area contributed by atoms with Crippen molar-refractivity contribution in [2.24, 2.45) is 0 Å². The first-order valence-electron chi connectivity index (χ1n) is 7.19. The number of phenols is 1. The Morgan fingerprint density at radius 2 is 1.86 bits per heavy atom. The van der Waals surface area contributed by atoms with Crippen LogP contribution in [0.1, 0.15) is 6.42 Å². The molecule has 0 aromatic heterocycles. The van der Waals surface area contributed by atoms with E-state index in [0.717, 1.165) is 19.5 Å². The van der Waals surface area contributed by atoms with Crippen LogP contribution in [0.2, 0.25) is 0 Å². The molecule has 21 heavy (non-hydrogen) atoms. The number of rotatable bonds is 3. The van der Waals surface area contributed by atoms with Gasteiger partial charge in [-0.2, -0.15) is 4.31 Å². The topological polar surface area (TPSA) is 70.1 Å². The monoisotopic (exact) mass is 312 g/mol. The maximum atomic E-state index is 12.6. The van der Waals surface area contributed by atoms with E-state index in [1.54, 1.807) is 12.1 Å². The summed E-state index contributed by atoms with van der Waals surface area (Å²) in [5, 5.41) is 9.79. The molecule has 2 heterocycles. The molecule has 2 aliphatic heterocycles. The van der Waals surface area contributed by atoms with Crippen LogP contribution in [0.25, 0.3) is 0 Å². The number of hydrogen-bond donors (Lipinski definition) is 1. The van der Waals surface area contributed by atoms with E-state index in [1.807, 2.05) is 0 Å². The van der Waals surface area contributed by atoms with E-state index in [0.29, 0.717) is 26.3 Å². The minimum Gasteiger partial charge on any atom is -0.507 e. The number of ether oxygens (including phenoxy) is 1. The zero-order valence-corrected chi connectivity index (χ0v) is 12.6. The van der Waals surface area contributed by atoms with E-state index in [2.05, 4.69) is 4.90 Å². The Kier molecular flexibility index (Phi) is 4.17. The number of benzene rings is 1. The van der Waals surface area contributed by atoms with Gasteiger partial charge in [0, 0.05) is 32.2 Å². The average Bonchev–Trinajstić information content (AvgIpc) is 2.99. The van der Waals surface area contributed by atoms with E-state index >= 15 is 0 Å². The molecule has 116 valence electrons. The number of aromatic hydroxyl groups is 1. The molecule has 0 radical (unpaired) electrons. The molecule has 0 spiro atoms. The average molecular weight is 312 g/mol. The Hall–Kier alpha value is -1.15. The summed E-state index contributed by atoms with van der Waals surface area (Å²) in [6.07, 6.45) is 0.826. The Morgan fingerprint density at radius 3 is 2.57 bits per heavy atom. The van der Waals surface area contributed by atoms with E-state index in [9.17, 15) is 13.5 Å². The van der Waals surface area contributed by atoms with Gasteiger partial charge < -0.3 is 9.84 Å². The molecule has 2 aliphatic rings. The van der Waals surface area contributed by atoms with Crippen molar-refractivity contribution < 1.29 is 18.3 Å². The lowest BCUT2D eigenvalue weighted by Crippen LogP contribution is -2.45. The Labute approximate surface area is 125 Å². The first kappa shape index (κ1) is 14.8. The van der Waals surface area contributed by atoms with Crippen LogP contribution in [0.15, 0.2) is 29.2 Å². The molecule has 2 fully saturated rings. The van der Waals surface area contributed by atoms with E-state index < -0.39 is 10.0 Å². The summed E-state index contributed by atoms with van der Waals surface area (Å²) in [7, 11) is -3.62. The van der Waals surface area contributed by atoms with Gasteiger partial charge in [-0.05, 0) is 18.6 Å². The van der Waals surface area contributed by atoms with Crippen LogP contribution in [0.3, 0.4) is 0 Å². The minimum absolute atomic E-state index is 0.00683. The zero-order valence-electron chi connectivity index (χ0n) is 11.8. The molecule has 1 aromatic carbocycles. The van der Waals surface area contributed by atoms with Gasteiger partial charge in [0.25, 0.3) is 0 Å². The fourth-order valence-corrected chi connectivity index (χ4v) is 4.56. The summed E-state index contributed by atoms with van der Waals surface area (Å²) in [5.74, 6) is -0.188. The van der Waals surface area contributed by atoms with Crippen LogP contribution in [0.4, 0.5) is 0 Å². The normalized spacial score (nSPS) is 25.2. The lowest BCUT2D eigenvalue weighted by atomic mass is 10.2. The molecule has 0 bridgehead atoms. The molecule has 1 aromatic rings. The number of morpholine rings is 1. The third-order valence-corrected chi connectivity index (χ3v) is 6.08. The lowest BCUT2D eigenvalue weighted by Gasteiger charge is -2.32. The third kappa shape index (κ3) is 2.91. The summed E-state index contributed by atoms with van der Waals surface area (Å²) < 4.78 is 32.0. The van der Waals surface area contributed by atoms with Gasteiger partial charge in [0.2, 0.25) is 10.0 Å². The lowest BCUT2D eigenvalue weighted by molar-refractivity contribution is 0.0197. The summed E-state index contributed by atoms with van der Waals surface area (Å²) >= 11 is 0. The van der Waals surface area contributed by atoms with Crippen LogP contribution in [-0.2, 0) is 14.8 Å². The second kappa shape index (κ2) is 5.92. The second-order valence-corrected chi connectivity index (χ2v) is 7.33. The summed E-state index contributed by atoms with van der Waals surface area (Å²) in [6, 6.07) is 6.35. The number of nitrogens with zero attached hydrogens (tertiary/aromatic N) is 2. The zero-order chi connectivity index (χ0) is 14.9. The molecule has 0 aliphatic carbocycles. The summed E-state index contributed by atoms with van der Waals surface area (Å²) in [5.41, 5.74) is 0. The van der Waals surface area contributed by atoms with Gasteiger partial charge in [-0.25, -0.2) is 8.42 Å². The van der Waals surface area contributed by atoms with Gasteiger partial charge in [-0.3, -0.25) is 4.90 Å². The van der Waals surface area contributed by atoms with Gasteiger partial charge in [0.05, 0.1) is 13.2 Å². The minimum atomic E-state index is -3.62. The Morgan fingerprint density at radius 1 is 1.14 bits per heavy atom. The molecular formula is C14H20N2O4S. The third-order valence-electron chi connectivity index (χ3n) is 4.17. The Balaban J connectivity index is 1.74. The number of para-hydroxylation sites is 1. The Bertz CT molecular complexity index is 599. The maximum Gasteiger partial charge on any atom is 0.246 e. The van der Waals surface area contributed by atoms with Gasteiger partial charge in [-0.15, -0.1) is 0 Å². The molecule has 1 unspecified atom stereocenters. The van der Waals surface area contributed by atoms with Gasteiger partial charge >= 0.3 is 0 Å². The molecular weight excluding hydrogens is 292 g/mol. The van der Waals surface area contributed by atoms with Crippen LogP contribution in [0, 0.1) is 0 Å². The number of phenolic OH excluding ortho intramolecular Hbond substituents is 1. The predicted octanol–water partition coefficient (Wildman–Crippen LogP) is 0.487. The molecule has 0 saturated carbocycles. The van der Waals surface area contributed by atoms with Crippen molar-refractivity contribution in [2.45, 2.75) is 17.4 Å². The largest absolute Gasteiger partial charge is 0.507 e. The van der Waals surface area contributed by atoms with E-state index in [-0.39, 0.29) is 16.7 Å². The van der Waals surface area contributed by atoms with Crippen molar-refractivity contribution >= 4 is 10.0 Å². The van der Waals surface area contributed by atoms with Crippen molar-refractivity contribution in [3.63, 3.8) is 0 Å². The highest BCUT2D eigenvalue weighted by atomic mass is 32.2. The van der Waals surface area contributed by atoms with E-state index in [1.165, 1.54) is 16.4 Å². The van der Waals surface area contributed by atoms with Crippen molar-refractivity contribution in [3.8, 4) is 5.75 Å².